The van der Waals surface area contributed by atoms with Crippen LogP contribution in [0.5, 0.6) is 0 Å². The molecule has 1 amide bonds. The standard InChI is InChI=1S/C12H13N3O3/c1-2-15(7-3-5-13)11(16)9-4-6-14-8-10(9)12(17)18/h4,6,8H,2-3,7H2,1H3,(H,17,18). The maximum absolute atomic E-state index is 12.1. The Balaban J connectivity index is 3.02. The molecule has 94 valence electrons. The van der Waals surface area contributed by atoms with E-state index in [4.69, 9.17) is 10.4 Å². The minimum atomic E-state index is -1.19. The molecule has 0 radical (unpaired) electrons. The molecule has 0 aromatic carbocycles. The topological polar surface area (TPSA) is 94.3 Å². The molecule has 6 heteroatoms. The fourth-order valence-corrected chi connectivity index (χ4v) is 1.51. The van der Waals surface area contributed by atoms with E-state index < -0.39 is 11.9 Å². The maximum atomic E-state index is 12.1. The molecule has 0 aliphatic rings. The molecule has 0 bridgehead atoms. The fraction of sp³-hybridized carbons (Fsp3) is 0.333. The van der Waals surface area contributed by atoms with Crippen molar-refractivity contribution in [3.8, 4) is 6.07 Å². The van der Waals surface area contributed by atoms with Gasteiger partial charge in [-0.3, -0.25) is 9.78 Å². The molecule has 0 spiro atoms. The Bertz CT molecular complexity index is 494. The van der Waals surface area contributed by atoms with Crippen LogP contribution in [0.1, 0.15) is 34.1 Å². The lowest BCUT2D eigenvalue weighted by atomic mass is 10.1. The first-order chi connectivity index (χ1) is 8.61. The number of nitrogens with zero attached hydrogens (tertiary/aromatic N) is 3. The summed E-state index contributed by atoms with van der Waals surface area (Å²) in [5.41, 5.74) is -0.0322. The molecular weight excluding hydrogens is 234 g/mol. The summed E-state index contributed by atoms with van der Waals surface area (Å²) in [6.07, 6.45) is 2.73. The number of rotatable bonds is 5. The van der Waals surface area contributed by atoms with Crippen LogP contribution in [-0.4, -0.2) is 40.0 Å². The zero-order valence-corrected chi connectivity index (χ0v) is 9.96. The summed E-state index contributed by atoms with van der Waals surface area (Å²) >= 11 is 0. The molecule has 1 heterocycles. The first kappa shape index (κ1) is 13.6. The van der Waals surface area contributed by atoms with Gasteiger partial charge in [0.2, 0.25) is 0 Å². The smallest absolute Gasteiger partial charge is 0.338 e. The Morgan fingerprint density at radius 2 is 2.22 bits per heavy atom. The van der Waals surface area contributed by atoms with Crippen molar-refractivity contribution in [1.82, 2.24) is 9.88 Å². The Hall–Kier alpha value is -2.42. The highest BCUT2D eigenvalue weighted by Crippen LogP contribution is 2.11. The number of amides is 1. The second-order valence-electron chi connectivity index (χ2n) is 3.52. The van der Waals surface area contributed by atoms with E-state index >= 15 is 0 Å². The third-order valence-corrected chi connectivity index (χ3v) is 2.44. The zero-order valence-electron chi connectivity index (χ0n) is 9.96. The van der Waals surface area contributed by atoms with Crippen molar-refractivity contribution in [2.24, 2.45) is 0 Å². The predicted octanol–water partition coefficient (Wildman–Crippen LogP) is 1.16. The SMILES string of the molecule is CCN(CCC#N)C(=O)c1ccncc1C(=O)O. The molecule has 0 saturated carbocycles. The number of pyridine rings is 1. The highest BCUT2D eigenvalue weighted by atomic mass is 16.4. The summed E-state index contributed by atoms with van der Waals surface area (Å²) in [7, 11) is 0. The zero-order chi connectivity index (χ0) is 13.5. The summed E-state index contributed by atoms with van der Waals surface area (Å²) < 4.78 is 0. The van der Waals surface area contributed by atoms with Gasteiger partial charge in [-0.05, 0) is 13.0 Å². The number of hydrogen-bond donors (Lipinski definition) is 1. The van der Waals surface area contributed by atoms with Crippen molar-refractivity contribution in [1.29, 1.82) is 5.26 Å². The second kappa shape index (κ2) is 6.35. The lowest BCUT2D eigenvalue weighted by molar-refractivity contribution is 0.0676. The van der Waals surface area contributed by atoms with E-state index in [0.717, 1.165) is 6.20 Å². The van der Waals surface area contributed by atoms with Gasteiger partial charge in [0.25, 0.3) is 5.91 Å². The molecule has 18 heavy (non-hydrogen) atoms. The van der Waals surface area contributed by atoms with Crippen molar-refractivity contribution in [3.63, 3.8) is 0 Å². The molecule has 0 fully saturated rings. The Labute approximate surface area is 104 Å². The van der Waals surface area contributed by atoms with E-state index in [0.29, 0.717) is 6.54 Å². The molecule has 0 unspecified atom stereocenters. The van der Waals surface area contributed by atoms with E-state index in [1.165, 1.54) is 17.2 Å². The molecule has 1 N–H and O–H groups in total. The number of carbonyl (C=O) groups is 2. The van der Waals surface area contributed by atoms with Crippen molar-refractivity contribution >= 4 is 11.9 Å². The van der Waals surface area contributed by atoms with Crippen LogP contribution in [0.4, 0.5) is 0 Å². The van der Waals surface area contributed by atoms with Gasteiger partial charge in [-0.2, -0.15) is 5.26 Å². The van der Waals surface area contributed by atoms with Crippen molar-refractivity contribution in [2.45, 2.75) is 13.3 Å². The van der Waals surface area contributed by atoms with Gasteiger partial charge >= 0.3 is 5.97 Å². The summed E-state index contributed by atoms with van der Waals surface area (Å²) in [6, 6.07) is 3.33. The highest BCUT2D eigenvalue weighted by Gasteiger charge is 2.20. The van der Waals surface area contributed by atoms with Gasteiger partial charge in [0.1, 0.15) is 0 Å². The Morgan fingerprint density at radius 1 is 1.50 bits per heavy atom. The molecular formula is C12H13N3O3. The molecule has 6 nitrogen and oxygen atoms in total. The van der Waals surface area contributed by atoms with Crippen molar-refractivity contribution in [3.05, 3.63) is 29.6 Å². The molecule has 0 aliphatic heterocycles. The summed E-state index contributed by atoms with van der Waals surface area (Å²) in [5, 5.41) is 17.5. The fourth-order valence-electron chi connectivity index (χ4n) is 1.51. The van der Waals surface area contributed by atoms with Crippen LogP contribution in [0.25, 0.3) is 0 Å². The number of aromatic carboxylic acids is 1. The maximum Gasteiger partial charge on any atom is 0.338 e. The first-order valence-electron chi connectivity index (χ1n) is 5.45. The van der Waals surface area contributed by atoms with Gasteiger partial charge in [-0.1, -0.05) is 0 Å². The molecule has 1 aromatic rings. The molecule has 0 saturated heterocycles. The first-order valence-corrected chi connectivity index (χ1v) is 5.45. The highest BCUT2D eigenvalue weighted by molar-refractivity contribution is 6.04. The van der Waals surface area contributed by atoms with Crippen LogP contribution >= 0.6 is 0 Å². The molecule has 0 aliphatic carbocycles. The van der Waals surface area contributed by atoms with Gasteiger partial charge in [-0.15, -0.1) is 0 Å². The van der Waals surface area contributed by atoms with Crippen molar-refractivity contribution in [2.75, 3.05) is 13.1 Å². The second-order valence-corrected chi connectivity index (χ2v) is 3.52. The van der Waals surface area contributed by atoms with Gasteiger partial charge in [0.15, 0.2) is 0 Å². The lowest BCUT2D eigenvalue weighted by Gasteiger charge is -2.20. The van der Waals surface area contributed by atoms with Gasteiger partial charge in [0.05, 0.1) is 23.6 Å². The predicted molar refractivity (Wildman–Crippen MR) is 63.0 cm³/mol. The third-order valence-electron chi connectivity index (χ3n) is 2.44. The normalized spacial score (nSPS) is 9.56. The van der Waals surface area contributed by atoms with Crippen LogP contribution < -0.4 is 0 Å². The van der Waals surface area contributed by atoms with E-state index in [2.05, 4.69) is 4.98 Å². The van der Waals surface area contributed by atoms with Gasteiger partial charge < -0.3 is 10.0 Å². The minimum absolute atomic E-state index is 0.0947. The average molecular weight is 247 g/mol. The summed E-state index contributed by atoms with van der Waals surface area (Å²) in [6.45, 7) is 2.48. The van der Waals surface area contributed by atoms with Crippen LogP contribution in [0.3, 0.4) is 0 Å². The van der Waals surface area contributed by atoms with E-state index in [9.17, 15) is 9.59 Å². The quantitative estimate of drug-likeness (QED) is 0.842. The van der Waals surface area contributed by atoms with Crippen LogP contribution in [0, 0.1) is 11.3 Å². The largest absolute Gasteiger partial charge is 0.478 e. The molecule has 1 aromatic heterocycles. The molecule has 1 rings (SSSR count). The Morgan fingerprint density at radius 3 is 2.78 bits per heavy atom. The average Bonchev–Trinajstić information content (AvgIpc) is 2.39. The summed E-state index contributed by atoms with van der Waals surface area (Å²) in [4.78, 5) is 28.2. The van der Waals surface area contributed by atoms with E-state index in [1.54, 1.807) is 6.92 Å². The summed E-state index contributed by atoms with van der Waals surface area (Å²) in [5.74, 6) is -1.59. The van der Waals surface area contributed by atoms with Gasteiger partial charge in [-0.25, -0.2) is 4.79 Å². The van der Waals surface area contributed by atoms with E-state index in [-0.39, 0.29) is 24.1 Å². The Kier molecular flexibility index (Phi) is 4.81. The van der Waals surface area contributed by atoms with Crippen LogP contribution in [0.15, 0.2) is 18.5 Å². The van der Waals surface area contributed by atoms with Crippen molar-refractivity contribution < 1.29 is 14.7 Å². The number of hydrogen-bond acceptors (Lipinski definition) is 4. The van der Waals surface area contributed by atoms with Crippen LogP contribution in [-0.2, 0) is 0 Å². The van der Waals surface area contributed by atoms with Crippen LogP contribution in [0.2, 0.25) is 0 Å². The number of carboxylic acid groups (broad SMARTS) is 1. The third kappa shape index (κ3) is 3.04. The minimum Gasteiger partial charge on any atom is -0.478 e. The number of nitriles is 1. The monoisotopic (exact) mass is 247 g/mol. The van der Waals surface area contributed by atoms with E-state index in [1.807, 2.05) is 6.07 Å². The lowest BCUT2D eigenvalue weighted by Crippen LogP contribution is -2.32. The number of carboxylic acids is 1. The number of aromatic nitrogens is 1. The van der Waals surface area contributed by atoms with Gasteiger partial charge in [0, 0.05) is 25.5 Å². The number of carbonyl (C=O) groups excluding carboxylic acids is 1. The molecule has 0 atom stereocenters.